The molecule has 60 valence electrons. The largest absolute Gasteiger partial charge is 0.353 e. The van der Waals surface area contributed by atoms with Gasteiger partial charge in [0.2, 0.25) is 0 Å². The zero-order valence-electron chi connectivity index (χ0n) is 7.02. The molecule has 2 heteroatoms. The molecule has 0 fully saturated rings. The van der Waals surface area contributed by atoms with Crippen molar-refractivity contribution in [3.05, 3.63) is 12.7 Å². The van der Waals surface area contributed by atoms with Crippen molar-refractivity contribution in [2.45, 2.75) is 25.6 Å². The highest BCUT2D eigenvalue weighted by Gasteiger charge is 2.20. The first kappa shape index (κ1) is 9.66. The van der Waals surface area contributed by atoms with Gasteiger partial charge in [-0.15, -0.1) is 6.58 Å². The molecule has 0 N–H and O–H groups in total. The maximum atomic E-state index is 5.12. The first-order valence-electron chi connectivity index (χ1n) is 3.39. The lowest BCUT2D eigenvalue weighted by atomic mass is 10.1. The molecule has 0 spiro atoms. The van der Waals surface area contributed by atoms with Crippen LogP contribution in [0.4, 0.5) is 0 Å². The molecular weight excluding hydrogens is 128 g/mol. The SMILES string of the molecule is C=CCCC(C)(OC)OC. The summed E-state index contributed by atoms with van der Waals surface area (Å²) in [6, 6.07) is 0. The van der Waals surface area contributed by atoms with Gasteiger partial charge in [0.1, 0.15) is 0 Å². The predicted molar refractivity (Wildman–Crippen MR) is 41.9 cm³/mol. The van der Waals surface area contributed by atoms with Crippen LogP contribution in [0.2, 0.25) is 0 Å². The Hall–Kier alpha value is -0.340. The molecule has 0 radical (unpaired) electrons. The van der Waals surface area contributed by atoms with Crippen molar-refractivity contribution >= 4 is 0 Å². The van der Waals surface area contributed by atoms with E-state index in [0.717, 1.165) is 12.8 Å². The summed E-state index contributed by atoms with van der Waals surface area (Å²) in [5, 5.41) is 0. The molecule has 2 nitrogen and oxygen atoms in total. The zero-order valence-corrected chi connectivity index (χ0v) is 7.02. The quantitative estimate of drug-likeness (QED) is 0.434. The van der Waals surface area contributed by atoms with E-state index in [9.17, 15) is 0 Å². The van der Waals surface area contributed by atoms with Crippen LogP contribution in [-0.2, 0) is 9.47 Å². The van der Waals surface area contributed by atoms with E-state index in [0.29, 0.717) is 0 Å². The fraction of sp³-hybridized carbons (Fsp3) is 0.750. The second kappa shape index (κ2) is 4.47. The van der Waals surface area contributed by atoms with E-state index in [1.807, 2.05) is 13.0 Å². The van der Waals surface area contributed by atoms with Gasteiger partial charge >= 0.3 is 0 Å². The van der Waals surface area contributed by atoms with Crippen molar-refractivity contribution in [3.8, 4) is 0 Å². The smallest absolute Gasteiger partial charge is 0.165 e. The van der Waals surface area contributed by atoms with Gasteiger partial charge in [-0.1, -0.05) is 6.08 Å². The summed E-state index contributed by atoms with van der Waals surface area (Å²) in [6.45, 7) is 5.53. The second-order valence-electron chi connectivity index (χ2n) is 2.37. The number of rotatable bonds is 5. The summed E-state index contributed by atoms with van der Waals surface area (Å²) < 4.78 is 10.2. The Morgan fingerprint density at radius 1 is 1.40 bits per heavy atom. The molecule has 0 rings (SSSR count). The minimum Gasteiger partial charge on any atom is -0.353 e. The van der Waals surface area contributed by atoms with Crippen molar-refractivity contribution in [2.75, 3.05) is 14.2 Å². The van der Waals surface area contributed by atoms with Crippen LogP contribution >= 0.6 is 0 Å². The zero-order chi connectivity index (χ0) is 8.04. The van der Waals surface area contributed by atoms with E-state index in [2.05, 4.69) is 6.58 Å². The molecule has 0 aromatic heterocycles. The van der Waals surface area contributed by atoms with Gasteiger partial charge < -0.3 is 9.47 Å². The van der Waals surface area contributed by atoms with Crippen LogP contribution in [0.15, 0.2) is 12.7 Å². The van der Waals surface area contributed by atoms with Crippen LogP contribution in [0, 0.1) is 0 Å². The molecule has 10 heavy (non-hydrogen) atoms. The molecule has 0 aromatic carbocycles. The molecule has 0 bridgehead atoms. The minimum atomic E-state index is -0.436. The van der Waals surface area contributed by atoms with E-state index in [1.54, 1.807) is 14.2 Å². The lowest BCUT2D eigenvalue weighted by molar-refractivity contribution is -0.196. The van der Waals surface area contributed by atoms with Crippen molar-refractivity contribution < 1.29 is 9.47 Å². The molecule has 0 aliphatic carbocycles. The van der Waals surface area contributed by atoms with Gasteiger partial charge in [-0.2, -0.15) is 0 Å². The molecule has 0 atom stereocenters. The Morgan fingerprint density at radius 2 is 1.90 bits per heavy atom. The number of ether oxygens (including phenoxy) is 2. The summed E-state index contributed by atoms with van der Waals surface area (Å²) in [5.74, 6) is -0.436. The van der Waals surface area contributed by atoms with Crippen LogP contribution < -0.4 is 0 Å². The van der Waals surface area contributed by atoms with Gasteiger partial charge in [0.25, 0.3) is 0 Å². The lowest BCUT2D eigenvalue weighted by Gasteiger charge is -2.25. The van der Waals surface area contributed by atoms with Gasteiger partial charge in [-0.25, -0.2) is 0 Å². The molecule has 0 saturated carbocycles. The number of methoxy groups -OCH3 is 2. The van der Waals surface area contributed by atoms with Crippen LogP contribution in [0.25, 0.3) is 0 Å². The Labute approximate surface area is 62.8 Å². The monoisotopic (exact) mass is 144 g/mol. The van der Waals surface area contributed by atoms with Gasteiger partial charge in [-0.05, 0) is 13.3 Å². The summed E-state index contributed by atoms with van der Waals surface area (Å²) in [7, 11) is 3.29. The fourth-order valence-electron chi connectivity index (χ4n) is 0.652. The molecule has 0 aliphatic rings. The third-order valence-electron chi connectivity index (χ3n) is 1.67. The van der Waals surface area contributed by atoms with Crippen molar-refractivity contribution in [1.82, 2.24) is 0 Å². The first-order chi connectivity index (χ1) is 4.68. The molecule has 0 aromatic rings. The average molecular weight is 144 g/mol. The van der Waals surface area contributed by atoms with E-state index in [1.165, 1.54) is 0 Å². The van der Waals surface area contributed by atoms with Crippen molar-refractivity contribution in [2.24, 2.45) is 0 Å². The summed E-state index contributed by atoms with van der Waals surface area (Å²) in [6.07, 6.45) is 3.62. The van der Waals surface area contributed by atoms with Crippen LogP contribution in [0.1, 0.15) is 19.8 Å². The minimum absolute atomic E-state index is 0.436. The van der Waals surface area contributed by atoms with E-state index >= 15 is 0 Å². The average Bonchev–Trinajstić information content (AvgIpc) is 2.00. The Bertz CT molecular complexity index is 95.4. The van der Waals surface area contributed by atoms with Gasteiger partial charge in [0.15, 0.2) is 5.79 Å². The van der Waals surface area contributed by atoms with E-state index in [4.69, 9.17) is 9.47 Å². The molecule has 0 aliphatic heterocycles. The highest BCUT2D eigenvalue weighted by Crippen LogP contribution is 2.16. The number of allylic oxidation sites excluding steroid dienone is 1. The lowest BCUT2D eigenvalue weighted by Crippen LogP contribution is -2.29. The first-order valence-corrected chi connectivity index (χ1v) is 3.39. The van der Waals surface area contributed by atoms with E-state index in [-0.39, 0.29) is 0 Å². The predicted octanol–water partition coefficient (Wildman–Crippen LogP) is 1.96. The van der Waals surface area contributed by atoms with Gasteiger partial charge in [0.05, 0.1) is 0 Å². The summed E-state index contributed by atoms with van der Waals surface area (Å²) in [4.78, 5) is 0. The fourth-order valence-corrected chi connectivity index (χ4v) is 0.652. The normalized spacial score (nSPS) is 11.5. The number of hydrogen-bond acceptors (Lipinski definition) is 2. The molecule has 0 heterocycles. The Morgan fingerprint density at radius 3 is 2.20 bits per heavy atom. The number of hydrogen-bond donors (Lipinski definition) is 0. The van der Waals surface area contributed by atoms with Crippen LogP contribution in [0.3, 0.4) is 0 Å². The van der Waals surface area contributed by atoms with Crippen LogP contribution in [0.5, 0.6) is 0 Å². The Kier molecular flexibility index (Phi) is 4.32. The van der Waals surface area contributed by atoms with Crippen molar-refractivity contribution in [1.29, 1.82) is 0 Å². The maximum Gasteiger partial charge on any atom is 0.165 e. The van der Waals surface area contributed by atoms with E-state index < -0.39 is 5.79 Å². The summed E-state index contributed by atoms with van der Waals surface area (Å²) in [5.41, 5.74) is 0. The highest BCUT2D eigenvalue weighted by molar-refractivity contribution is 4.72. The molecular formula is C8H16O2. The highest BCUT2D eigenvalue weighted by atomic mass is 16.7. The van der Waals surface area contributed by atoms with Crippen LogP contribution in [-0.4, -0.2) is 20.0 Å². The van der Waals surface area contributed by atoms with Crippen molar-refractivity contribution in [3.63, 3.8) is 0 Å². The molecule has 0 saturated heterocycles. The van der Waals surface area contributed by atoms with Gasteiger partial charge in [-0.3, -0.25) is 0 Å². The third-order valence-corrected chi connectivity index (χ3v) is 1.67. The Balaban J connectivity index is 3.68. The topological polar surface area (TPSA) is 18.5 Å². The standard InChI is InChI=1S/C8H16O2/c1-5-6-7-8(2,9-3)10-4/h5H,1,6-7H2,2-4H3. The molecule has 0 amide bonds. The van der Waals surface area contributed by atoms with Gasteiger partial charge in [0, 0.05) is 20.6 Å². The second-order valence-corrected chi connectivity index (χ2v) is 2.37. The molecule has 0 unspecified atom stereocenters. The summed E-state index contributed by atoms with van der Waals surface area (Å²) >= 11 is 0. The third kappa shape index (κ3) is 2.99. The maximum absolute atomic E-state index is 5.12.